The first-order valence-electron chi connectivity index (χ1n) is 6.42. The molecule has 3 rings (SSSR count). The van der Waals surface area contributed by atoms with Crippen molar-refractivity contribution in [1.29, 1.82) is 0 Å². The molecule has 8 heteroatoms. The third-order valence-electron chi connectivity index (χ3n) is 3.54. The Labute approximate surface area is 131 Å². The van der Waals surface area contributed by atoms with Crippen LogP contribution in [-0.4, -0.2) is 22.7 Å². The number of benzene rings is 1. The number of nitrogens with one attached hydrogen (secondary N) is 2. The molecule has 1 aromatic rings. The van der Waals surface area contributed by atoms with Gasteiger partial charge in [-0.15, -0.1) is 17.0 Å². The van der Waals surface area contributed by atoms with Gasteiger partial charge in [-0.1, -0.05) is 0 Å². The summed E-state index contributed by atoms with van der Waals surface area (Å²) in [5, 5.41) is 16.6. The SMILES string of the molecule is Br.O=C1Cc2c(CNC3CC3)cc([N+](=O)[O-])cc2NC1=O. The molecule has 112 valence electrons. The summed E-state index contributed by atoms with van der Waals surface area (Å²) in [7, 11) is 0. The number of hydrogen-bond donors (Lipinski definition) is 2. The normalized spacial score (nSPS) is 16.8. The number of halogens is 1. The number of hydrogen-bond acceptors (Lipinski definition) is 5. The third-order valence-corrected chi connectivity index (χ3v) is 3.54. The van der Waals surface area contributed by atoms with Crippen molar-refractivity contribution < 1.29 is 14.5 Å². The molecule has 1 aromatic carbocycles. The molecule has 0 spiro atoms. The summed E-state index contributed by atoms with van der Waals surface area (Å²) in [5.41, 5.74) is 1.67. The molecule has 21 heavy (non-hydrogen) atoms. The molecule has 0 saturated heterocycles. The van der Waals surface area contributed by atoms with E-state index < -0.39 is 16.6 Å². The van der Waals surface area contributed by atoms with Crippen LogP contribution in [0.5, 0.6) is 0 Å². The van der Waals surface area contributed by atoms with Gasteiger partial charge >= 0.3 is 0 Å². The minimum absolute atomic E-state index is 0. The maximum atomic E-state index is 11.5. The average molecular weight is 356 g/mol. The van der Waals surface area contributed by atoms with Crippen LogP contribution in [0.25, 0.3) is 0 Å². The minimum atomic E-state index is -0.709. The highest BCUT2D eigenvalue weighted by atomic mass is 79.9. The van der Waals surface area contributed by atoms with Crippen molar-refractivity contribution in [3.8, 4) is 0 Å². The molecule has 1 heterocycles. The topological polar surface area (TPSA) is 101 Å². The maximum Gasteiger partial charge on any atom is 0.292 e. The number of amides is 1. The Morgan fingerprint density at radius 2 is 2.05 bits per heavy atom. The van der Waals surface area contributed by atoms with E-state index in [-0.39, 0.29) is 29.1 Å². The summed E-state index contributed by atoms with van der Waals surface area (Å²) in [4.78, 5) is 33.3. The molecule has 7 nitrogen and oxygen atoms in total. The highest BCUT2D eigenvalue weighted by Crippen LogP contribution is 2.31. The van der Waals surface area contributed by atoms with Gasteiger partial charge in [-0.2, -0.15) is 0 Å². The molecule has 2 N–H and O–H groups in total. The second kappa shape index (κ2) is 5.90. The van der Waals surface area contributed by atoms with Crippen LogP contribution in [-0.2, 0) is 22.6 Å². The van der Waals surface area contributed by atoms with Gasteiger partial charge in [-0.05, 0) is 24.0 Å². The van der Waals surface area contributed by atoms with E-state index in [1.54, 1.807) is 0 Å². The lowest BCUT2D eigenvalue weighted by Gasteiger charge is -2.19. The molecule has 0 bridgehead atoms. The van der Waals surface area contributed by atoms with Crippen molar-refractivity contribution in [1.82, 2.24) is 5.32 Å². The lowest BCUT2D eigenvalue weighted by atomic mass is 9.95. The van der Waals surface area contributed by atoms with E-state index in [9.17, 15) is 19.7 Å². The zero-order valence-corrected chi connectivity index (χ0v) is 12.8. The summed E-state index contributed by atoms with van der Waals surface area (Å²) in [5.74, 6) is -1.22. The van der Waals surface area contributed by atoms with Gasteiger partial charge in [0.1, 0.15) is 0 Å². The van der Waals surface area contributed by atoms with E-state index >= 15 is 0 Å². The number of carbonyl (C=O) groups excluding carboxylic acids is 2. The van der Waals surface area contributed by atoms with E-state index in [1.165, 1.54) is 12.1 Å². The standard InChI is InChI=1S/C13H13N3O4.BrH/c17-12-5-10-7(6-14-8-1-2-8)3-9(16(19)20)4-11(10)15-13(12)18;/h3-4,8,14H,1-2,5-6H2,(H,15,18);1H. The van der Waals surface area contributed by atoms with Gasteiger partial charge in [0.25, 0.3) is 11.6 Å². The molecule has 0 atom stereocenters. The highest BCUT2D eigenvalue weighted by molar-refractivity contribution is 8.93. The van der Waals surface area contributed by atoms with Crippen LogP contribution in [0.2, 0.25) is 0 Å². The maximum absolute atomic E-state index is 11.5. The van der Waals surface area contributed by atoms with E-state index in [0.29, 0.717) is 29.4 Å². The number of fused-ring (bicyclic) bond motifs is 1. The molecular weight excluding hydrogens is 342 g/mol. The van der Waals surface area contributed by atoms with Gasteiger partial charge < -0.3 is 10.6 Å². The fourth-order valence-corrected chi connectivity index (χ4v) is 2.27. The molecule has 1 aliphatic carbocycles. The van der Waals surface area contributed by atoms with Gasteiger partial charge in [-0.25, -0.2) is 0 Å². The Bertz CT molecular complexity index is 628. The van der Waals surface area contributed by atoms with Gasteiger partial charge in [-0.3, -0.25) is 19.7 Å². The Morgan fingerprint density at radius 1 is 1.33 bits per heavy atom. The first-order chi connectivity index (χ1) is 9.54. The molecule has 1 fully saturated rings. The fourth-order valence-electron chi connectivity index (χ4n) is 2.27. The van der Waals surface area contributed by atoms with Gasteiger partial charge in [0, 0.05) is 31.1 Å². The molecule has 0 unspecified atom stereocenters. The van der Waals surface area contributed by atoms with Gasteiger partial charge in [0.05, 0.1) is 10.6 Å². The molecule has 1 amide bonds. The quantitative estimate of drug-likeness (QED) is 0.484. The van der Waals surface area contributed by atoms with E-state index in [4.69, 9.17) is 0 Å². The highest BCUT2D eigenvalue weighted by Gasteiger charge is 2.28. The van der Waals surface area contributed by atoms with Crippen molar-refractivity contribution in [2.45, 2.75) is 31.8 Å². The van der Waals surface area contributed by atoms with Crippen molar-refractivity contribution in [2.24, 2.45) is 0 Å². The number of non-ortho nitro benzene ring substituents is 1. The molecule has 2 aliphatic rings. The number of carbonyl (C=O) groups is 2. The number of Topliss-reactive ketones (excluding diaryl/α,β-unsaturated/α-hetero) is 1. The largest absolute Gasteiger partial charge is 0.319 e. The number of rotatable bonds is 4. The number of nitro groups is 1. The second-order valence-electron chi connectivity index (χ2n) is 5.10. The van der Waals surface area contributed by atoms with E-state index in [1.807, 2.05) is 0 Å². The molecule has 0 radical (unpaired) electrons. The summed E-state index contributed by atoms with van der Waals surface area (Å²) >= 11 is 0. The Balaban J connectivity index is 0.00000161. The predicted molar refractivity (Wildman–Crippen MR) is 80.6 cm³/mol. The Kier molecular flexibility index (Phi) is 4.38. The van der Waals surface area contributed by atoms with Crippen LogP contribution in [0.3, 0.4) is 0 Å². The van der Waals surface area contributed by atoms with Crippen LogP contribution in [0, 0.1) is 10.1 Å². The zero-order chi connectivity index (χ0) is 14.3. The molecular formula is C13H14BrN3O4. The smallest absolute Gasteiger partial charge is 0.292 e. The summed E-state index contributed by atoms with van der Waals surface area (Å²) in [6.07, 6.45) is 2.21. The molecule has 0 aromatic heterocycles. The van der Waals surface area contributed by atoms with Crippen LogP contribution < -0.4 is 10.6 Å². The van der Waals surface area contributed by atoms with Crippen LogP contribution >= 0.6 is 17.0 Å². The van der Waals surface area contributed by atoms with Crippen molar-refractivity contribution in [3.05, 3.63) is 33.4 Å². The Hall–Kier alpha value is -1.80. The number of ketones is 1. The average Bonchev–Trinajstić information content (AvgIpc) is 3.21. The molecule has 1 aliphatic heterocycles. The summed E-state index contributed by atoms with van der Waals surface area (Å²) < 4.78 is 0. The minimum Gasteiger partial charge on any atom is -0.319 e. The lowest BCUT2D eigenvalue weighted by molar-refractivity contribution is -0.384. The van der Waals surface area contributed by atoms with Crippen LogP contribution in [0.1, 0.15) is 24.0 Å². The number of nitro benzene ring substituents is 1. The van der Waals surface area contributed by atoms with E-state index in [2.05, 4.69) is 10.6 Å². The fraction of sp³-hybridized carbons (Fsp3) is 0.385. The Morgan fingerprint density at radius 3 is 2.67 bits per heavy atom. The van der Waals surface area contributed by atoms with E-state index in [0.717, 1.165) is 12.8 Å². The number of nitrogens with zero attached hydrogens (tertiary/aromatic N) is 1. The van der Waals surface area contributed by atoms with Gasteiger partial charge in [0.15, 0.2) is 0 Å². The summed E-state index contributed by atoms with van der Waals surface area (Å²) in [6.45, 7) is 0.470. The number of anilines is 1. The molecule has 1 saturated carbocycles. The third kappa shape index (κ3) is 3.27. The second-order valence-corrected chi connectivity index (χ2v) is 5.10. The van der Waals surface area contributed by atoms with Crippen LogP contribution in [0.4, 0.5) is 11.4 Å². The first-order valence-corrected chi connectivity index (χ1v) is 6.42. The zero-order valence-electron chi connectivity index (χ0n) is 11.0. The van der Waals surface area contributed by atoms with Crippen molar-refractivity contribution >= 4 is 40.0 Å². The van der Waals surface area contributed by atoms with Crippen molar-refractivity contribution in [2.75, 3.05) is 5.32 Å². The monoisotopic (exact) mass is 355 g/mol. The first kappa shape index (κ1) is 15.6. The van der Waals surface area contributed by atoms with Crippen LogP contribution in [0.15, 0.2) is 12.1 Å². The van der Waals surface area contributed by atoms with Gasteiger partial charge in [0.2, 0.25) is 5.78 Å². The predicted octanol–water partition coefficient (Wildman–Crippen LogP) is 1.49. The van der Waals surface area contributed by atoms with Crippen molar-refractivity contribution in [3.63, 3.8) is 0 Å². The summed E-state index contributed by atoms with van der Waals surface area (Å²) in [6, 6.07) is 3.23. The lowest BCUT2D eigenvalue weighted by Crippen LogP contribution is -2.31.